The van der Waals surface area contributed by atoms with Crippen LogP contribution in [-0.2, 0) is 19.1 Å². The molecule has 0 heterocycles. The van der Waals surface area contributed by atoms with Crippen LogP contribution in [0.3, 0.4) is 0 Å². The predicted octanol–water partition coefficient (Wildman–Crippen LogP) is 5.98. The molecule has 0 aliphatic heterocycles. The second kappa shape index (κ2) is 7.38. The van der Waals surface area contributed by atoms with E-state index in [1.807, 2.05) is 0 Å². The van der Waals surface area contributed by atoms with Crippen molar-refractivity contribution in [3.8, 4) is 0 Å². The maximum atomic E-state index is 11.6. The zero-order chi connectivity index (χ0) is 21.9. The summed E-state index contributed by atoms with van der Waals surface area (Å²) in [6.07, 6.45) is 10.4. The first kappa shape index (κ1) is 21.9. The van der Waals surface area contributed by atoms with E-state index in [1.165, 1.54) is 39.5 Å². The summed E-state index contributed by atoms with van der Waals surface area (Å²) < 4.78 is 11.3. The topological polar surface area (TPSA) is 52.6 Å². The van der Waals surface area contributed by atoms with Crippen molar-refractivity contribution in [3.05, 3.63) is 11.1 Å². The first-order valence-electron chi connectivity index (χ1n) is 12.1. The fourth-order valence-corrected chi connectivity index (χ4v) is 8.06. The van der Waals surface area contributed by atoms with Crippen LogP contribution in [-0.4, -0.2) is 24.1 Å². The highest BCUT2D eigenvalue weighted by Gasteiger charge is 2.60. The van der Waals surface area contributed by atoms with Crippen molar-refractivity contribution in [1.29, 1.82) is 0 Å². The lowest BCUT2D eigenvalue weighted by Crippen LogP contribution is -2.55. The largest absolute Gasteiger partial charge is 0.463 e. The van der Waals surface area contributed by atoms with Crippen molar-refractivity contribution in [2.45, 2.75) is 112 Å². The zero-order valence-corrected chi connectivity index (χ0v) is 19.8. The summed E-state index contributed by atoms with van der Waals surface area (Å²) in [5.74, 6) is 1.10. The van der Waals surface area contributed by atoms with Gasteiger partial charge in [-0.2, -0.15) is 0 Å². The van der Waals surface area contributed by atoms with E-state index >= 15 is 0 Å². The SMILES string of the molecule is CC(=O)O[C@@H]1CC[C@]2(C)[C@@H]3CCC4=C(CC[C@@]4(C)[C@@H](C)OC(C)=O)[C@H]3CC[C@@]2(C)C1. The number of allylic oxidation sites excluding steroid dienone is 1. The second-order valence-electron chi connectivity index (χ2n) is 11.4. The fraction of sp³-hybridized carbons (Fsp3) is 0.846. The first-order valence-corrected chi connectivity index (χ1v) is 12.1. The average molecular weight is 417 g/mol. The van der Waals surface area contributed by atoms with Crippen molar-refractivity contribution in [1.82, 2.24) is 0 Å². The van der Waals surface area contributed by atoms with E-state index in [4.69, 9.17) is 9.47 Å². The van der Waals surface area contributed by atoms with E-state index in [0.717, 1.165) is 38.0 Å². The Balaban J connectivity index is 1.59. The molecule has 0 bridgehead atoms. The van der Waals surface area contributed by atoms with Crippen molar-refractivity contribution >= 4 is 11.9 Å². The Hall–Kier alpha value is -1.32. The van der Waals surface area contributed by atoms with Gasteiger partial charge in [0.15, 0.2) is 0 Å². The minimum absolute atomic E-state index is 0.000611. The lowest BCUT2D eigenvalue weighted by atomic mass is 9.43. The standard InChI is InChI=1S/C26H40O4/c1-16(29-17(2)27)25(5)13-11-20-21-10-12-24(4)15-19(30-18(3)28)9-14-26(24,6)23(21)8-7-22(20)25/h16,19,21,23H,7-15H2,1-6H3/t16-,19-,21-,23-,24+,25+,26-/m1/s1. The number of esters is 2. The highest BCUT2D eigenvalue weighted by molar-refractivity contribution is 5.66. The molecule has 0 amide bonds. The number of hydrogen-bond acceptors (Lipinski definition) is 4. The Morgan fingerprint density at radius 2 is 1.70 bits per heavy atom. The molecule has 0 saturated heterocycles. The third kappa shape index (κ3) is 3.24. The van der Waals surface area contributed by atoms with Crippen LogP contribution >= 0.6 is 0 Å². The molecule has 30 heavy (non-hydrogen) atoms. The number of hydrogen-bond donors (Lipinski definition) is 0. The lowest BCUT2D eigenvalue weighted by Gasteiger charge is -2.62. The van der Waals surface area contributed by atoms with E-state index in [9.17, 15) is 9.59 Å². The van der Waals surface area contributed by atoms with E-state index in [0.29, 0.717) is 11.3 Å². The van der Waals surface area contributed by atoms with Gasteiger partial charge in [-0.25, -0.2) is 0 Å². The molecule has 4 aliphatic carbocycles. The minimum Gasteiger partial charge on any atom is -0.463 e. The van der Waals surface area contributed by atoms with E-state index in [1.54, 1.807) is 11.1 Å². The third-order valence-electron chi connectivity index (χ3n) is 10.1. The fourth-order valence-electron chi connectivity index (χ4n) is 8.06. The van der Waals surface area contributed by atoms with Crippen molar-refractivity contribution in [2.24, 2.45) is 28.1 Å². The van der Waals surface area contributed by atoms with Crippen LogP contribution in [0.4, 0.5) is 0 Å². The summed E-state index contributed by atoms with van der Waals surface area (Å²) in [6, 6.07) is 0. The normalized spacial score (nSPS) is 43.9. The Morgan fingerprint density at radius 3 is 2.37 bits per heavy atom. The van der Waals surface area contributed by atoms with Crippen LogP contribution in [0, 0.1) is 28.1 Å². The summed E-state index contributed by atoms with van der Waals surface area (Å²) >= 11 is 0. The van der Waals surface area contributed by atoms with Crippen LogP contribution in [0.2, 0.25) is 0 Å². The van der Waals surface area contributed by atoms with Crippen molar-refractivity contribution < 1.29 is 19.1 Å². The Bertz CT molecular complexity index is 769. The molecule has 4 aliphatic rings. The summed E-state index contributed by atoms with van der Waals surface area (Å²) in [6.45, 7) is 12.5. The van der Waals surface area contributed by atoms with Crippen LogP contribution in [0.1, 0.15) is 99.3 Å². The second-order valence-corrected chi connectivity index (χ2v) is 11.4. The monoisotopic (exact) mass is 416 g/mol. The number of fused-ring (bicyclic) bond motifs is 4. The summed E-state index contributed by atoms with van der Waals surface area (Å²) in [4.78, 5) is 23.1. The van der Waals surface area contributed by atoms with Gasteiger partial charge in [-0.3, -0.25) is 9.59 Å². The van der Waals surface area contributed by atoms with Gasteiger partial charge in [0.1, 0.15) is 12.2 Å². The molecule has 7 atom stereocenters. The number of carbonyl (C=O) groups is 2. The number of carbonyl (C=O) groups excluding carboxylic acids is 2. The Morgan fingerprint density at radius 1 is 0.967 bits per heavy atom. The van der Waals surface area contributed by atoms with E-state index < -0.39 is 0 Å². The molecule has 0 radical (unpaired) electrons. The molecule has 0 aromatic rings. The minimum atomic E-state index is -0.169. The van der Waals surface area contributed by atoms with Crippen molar-refractivity contribution in [3.63, 3.8) is 0 Å². The van der Waals surface area contributed by atoms with Gasteiger partial charge in [-0.05, 0) is 87.4 Å². The highest BCUT2D eigenvalue weighted by atomic mass is 16.5. The van der Waals surface area contributed by atoms with Gasteiger partial charge in [0.2, 0.25) is 0 Å². The molecule has 2 saturated carbocycles. The van der Waals surface area contributed by atoms with Gasteiger partial charge in [-0.1, -0.05) is 31.9 Å². The molecule has 0 unspecified atom stereocenters. The predicted molar refractivity (Wildman–Crippen MR) is 117 cm³/mol. The quantitative estimate of drug-likeness (QED) is 0.419. The molecule has 4 heteroatoms. The molecule has 4 rings (SSSR count). The van der Waals surface area contributed by atoms with Crippen LogP contribution < -0.4 is 0 Å². The van der Waals surface area contributed by atoms with E-state index in [2.05, 4.69) is 27.7 Å². The lowest BCUT2D eigenvalue weighted by molar-refractivity contribution is -0.166. The zero-order valence-electron chi connectivity index (χ0n) is 19.8. The molecule has 2 fully saturated rings. The molecule has 168 valence electrons. The van der Waals surface area contributed by atoms with Crippen molar-refractivity contribution in [2.75, 3.05) is 0 Å². The Kier molecular flexibility index (Phi) is 5.38. The molecular weight excluding hydrogens is 376 g/mol. The summed E-state index contributed by atoms with van der Waals surface area (Å²) in [7, 11) is 0. The molecular formula is C26H40O4. The maximum absolute atomic E-state index is 11.6. The molecule has 0 aromatic heterocycles. The summed E-state index contributed by atoms with van der Waals surface area (Å²) in [5.41, 5.74) is 3.88. The van der Waals surface area contributed by atoms with Gasteiger partial charge in [-0.15, -0.1) is 0 Å². The number of rotatable bonds is 3. The van der Waals surface area contributed by atoms with Gasteiger partial charge < -0.3 is 9.47 Å². The maximum Gasteiger partial charge on any atom is 0.302 e. The van der Waals surface area contributed by atoms with Gasteiger partial charge >= 0.3 is 11.9 Å². The first-order chi connectivity index (χ1) is 14.0. The van der Waals surface area contributed by atoms with Crippen LogP contribution in [0.25, 0.3) is 0 Å². The van der Waals surface area contributed by atoms with E-state index in [-0.39, 0.29) is 35.0 Å². The van der Waals surface area contributed by atoms with Gasteiger partial charge in [0, 0.05) is 19.3 Å². The molecule has 0 N–H and O–H groups in total. The van der Waals surface area contributed by atoms with Crippen LogP contribution in [0.5, 0.6) is 0 Å². The number of ether oxygens (including phenoxy) is 2. The smallest absolute Gasteiger partial charge is 0.302 e. The summed E-state index contributed by atoms with van der Waals surface area (Å²) in [5, 5.41) is 0. The van der Waals surface area contributed by atoms with Gasteiger partial charge in [0.05, 0.1) is 0 Å². The molecule has 0 aromatic carbocycles. The van der Waals surface area contributed by atoms with Crippen LogP contribution in [0.15, 0.2) is 11.1 Å². The highest BCUT2D eigenvalue weighted by Crippen LogP contribution is 2.68. The van der Waals surface area contributed by atoms with Gasteiger partial charge in [0.25, 0.3) is 0 Å². The Labute approximate surface area is 182 Å². The third-order valence-corrected chi connectivity index (χ3v) is 10.1. The molecule has 0 spiro atoms. The molecule has 4 nitrogen and oxygen atoms in total. The average Bonchev–Trinajstić information content (AvgIpc) is 3.00.